The Kier molecular flexibility index (Phi) is 46.4. The van der Waals surface area contributed by atoms with Gasteiger partial charge in [0.05, 0.1) is 0 Å². The fourth-order valence-corrected chi connectivity index (χ4v) is 1.74. The van der Waals surface area contributed by atoms with Crippen molar-refractivity contribution >= 4 is 4.57 Å². The topological polar surface area (TPSA) is 109 Å². The number of ether oxygens (including phenoxy) is 1. The van der Waals surface area contributed by atoms with E-state index in [4.69, 9.17) is 28.0 Å². The Bertz CT molecular complexity index is 442. The summed E-state index contributed by atoms with van der Waals surface area (Å²) in [6, 6.07) is 6.22. The zero-order valence-corrected chi connectivity index (χ0v) is 13.4. The van der Waals surface area contributed by atoms with E-state index in [1.807, 2.05) is 0 Å². The van der Waals surface area contributed by atoms with E-state index < -0.39 is 0 Å². The van der Waals surface area contributed by atoms with Crippen molar-refractivity contribution in [3.8, 4) is 0 Å². The van der Waals surface area contributed by atoms with Crippen LogP contribution in [0.2, 0.25) is 0 Å². The van der Waals surface area contributed by atoms with Gasteiger partial charge in [-0.05, 0) is 0 Å². The summed E-state index contributed by atoms with van der Waals surface area (Å²) in [4.78, 5) is 0. The molecule has 0 radical (unpaired) electrons. The molecule has 6 nitrogen and oxygen atoms in total. The molecular formula is C15H12CrO6. The third kappa shape index (κ3) is 16.3. The van der Waals surface area contributed by atoms with Crippen LogP contribution in [0.3, 0.4) is 0 Å². The normalized spacial score (nSPS) is 5.86. The molecule has 1 aromatic rings. The molecule has 0 N–H and O–H groups in total. The van der Waals surface area contributed by atoms with Crippen molar-refractivity contribution in [2.24, 2.45) is 0 Å². The number of methoxy groups -OCH3 is 1. The second-order valence-electron chi connectivity index (χ2n) is 2.76. The van der Waals surface area contributed by atoms with Crippen LogP contribution in [0.4, 0.5) is 0 Å². The number of hydrogen-bond acceptors (Lipinski definition) is 1. The van der Waals surface area contributed by atoms with Crippen molar-refractivity contribution in [1.82, 2.24) is 0 Å². The average Bonchev–Trinajstić information content (AvgIpc) is 2.63. The minimum atomic E-state index is 0.866. The number of hydrogen-bond donors (Lipinski definition) is 0. The first-order chi connectivity index (χ1) is 10.7. The molecule has 0 fully saturated rings. The monoisotopic (exact) mass is 340 g/mol. The summed E-state index contributed by atoms with van der Waals surface area (Å²) in [7, 11) is 1.68. The molecule has 0 aliphatic rings. The van der Waals surface area contributed by atoms with Gasteiger partial charge in [0.25, 0.3) is 0 Å². The number of benzene rings is 1. The van der Waals surface area contributed by atoms with Crippen LogP contribution in [0.5, 0.6) is 0 Å². The molecule has 0 heterocycles. The average molecular weight is 340 g/mol. The Morgan fingerprint density at radius 2 is 1.09 bits per heavy atom. The molecule has 7 heteroatoms. The molecule has 0 amide bonds. The van der Waals surface area contributed by atoms with Crippen LogP contribution < -0.4 is 0 Å². The second-order valence-corrected chi connectivity index (χ2v) is 3.34. The zero-order valence-electron chi connectivity index (χ0n) is 12.1. The molecule has 0 spiro atoms. The van der Waals surface area contributed by atoms with Crippen LogP contribution >= 0.6 is 0 Å². The first kappa shape index (κ1) is 32.3. The van der Waals surface area contributed by atoms with Gasteiger partial charge in [-0.15, -0.1) is 0 Å². The molecule has 0 aromatic heterocycles. The summed E-state index contributed by atoms with van der Waals surface area (Å²) < 4.78 is 43.5. The van der Waals surface area contributed by atoms with Crippen molar-refractivity contribution in [2.45, 2.75) is 13.8 Å². The summed E-state index contributed by atoms with van der Waals surface area (Å²) in [6.45, 7) is 26.7. The molecule has 0 atom stereocenters. The van der Waals surface area contributed by atoms with Crippen LogP contribution in [0.25, 0.3) is 0 Å². The minimum absolute atomic E-state index is 0.866. The molecule has 0 aliphatic heterocycles. The quantitative estimate of drug-likeness (QED) is 0.593. The van der Waals surface area contributed by atoms with E-state index in [1.165, 1.54) is 16.7 Å². The van der Waals surface area contributed by atoms with Crippen LogP contribution in [0, 0.1) is 47.1 Å². The Balaban J connectivity index is -0.0000000822. The molecule has 0 saturated carbocycles. The van der Waals surface area contributed by atoms with Crippen LogP contribution in [0.15, 0.2) is 18.2 Å². The van der Waals surface area contributed by atoms with E-state index >= 15 is 0 Å². The van der Waals surface area contributed by atoms with Crippen LogP contribution in [0.1, 0.15) is 16.7 Å². The van der Waals surface area contributed by atoms with Crippen LogP contribution in [-0.2, 0) is 43.8 Å². The summed E-state index contributed by atoms with van der Waals surface area (Å²) in [6.07, 6.45) is 0. The van der Waals surface area contributed by atoms with Crippen molar-refractivity contribution in [3.05, 3.63) is 68.1 Å². The zero-order chi connectivity index (χ0) is 19.1. The van der Waals surface area contributed by atoms with Gasteiger partial charge < -0.3 is 0 Å². The fraction of sp³-hybridized carbons (Fsp3) is 0.200. The Morgan fingerprint density at radius 1 is 0.818 bits per heavy atom. The van der Waals surface area contributed by atoms with Crippen LogP contribution in [-0.4, -0.2) is 11.7 Å². The Hall–Kier alpha value is -1.72. The maximum absolute atomic E-state index is 7.50. The van der Waals surface area contributed by atoms with Gasteiger partial charge in [-0.1, -0.05) is 0 Å². The van der Waals surface area contributed by atoms with E-state index in [-0.39, 0.29) is 0 Å². The molecule has 1 rings (SSSR count). The van der Waals surface area contributed by atoms with Crippen molar-refractivity contribution in [2.75, 3.05) is 7.11 Å². The maximum atomic E-state index is 7.50. The van der Waals surface area contributed by atoms with Crippen molar-refractivity contribution < 1.29 is 43.8 Å². The molecule has 22 heavy (non-hydrogen) atoms. The summed E-state index contributed by atoms with van der Waals surface area (Å²) in [5.41, 5.74) is 3.66. The predicted octanol–water partition coefficient (Wildman–Crippen LogP) is 1.79. The third-order valence-electron chi connectivity index (χ3n) is 1.87. The van der Waals surface area contributed by atoms with Crippen molar-refractivity contribution in [1.29, 1.82) is 0 Å². The van der Waals surface area contributed by atoms with E-state index in [0.29, 0.717) is 0 Å². The summed E-state index contributed by atoms with van der Waals surface area (Å²) in [5, 5.41) is 0. The van der Waals surface area contributed by atoms with E-state index in [1.54, 1.807) is 7.11 Å². The first-order valence-electron chi connectivity index (χ1n) is 4.83. The Labute approximate surface area is 138 Å². The second kappa shape index (κ2) is 31.6. The molecule has 0 bridgehead atoms. The van der Waals surface area contributed by atoms with E-state index in [0.717, 1.165) is 4.57 Å². The molecule has 1 aromatic carbocycles. The van der Waals surface area contributed by atoms with Gasteiger partial charge >= 0.3 is 138 Å². The molecule has 0 aliphatic carbocycles. The number of aryl methyl sites for hydroxylation is 2. The third-order valence-corrected chi connectivity index (χ3v) is 2.45. The molecular weight excluding hydrogens is 328 g/mol. The Morgan fingerprint density at radius 3 is 1.32 bits per heavy atom. The molecule has 0 saturated heterocycles. The summed E-state index contributed by atoms with van der Waals surface area (Å²) >= 11 is 2.92. The first-order valence-corrected chi connectivity index (χ1v) is 5.47. The summed E-state index contributed by atoms with van der Waals surface area (Å²) in [5.74, 6) is 0. The SMILES string of the molecule is CO[C](=[Cr])c1c(C)cccc1C.[C-]#[O+].[C-]#[O+].[C-]#[O+].[C-]#[O+].[C-]#[O+]. The molecule has 0 unspecified atom stereocenters. The standard InChI is InChI=1S/C10H12O.5CO.Cr/c1-8-5-4-6-9(2)10(8)7-11-3;5*1-2;/h4-6H,1-3H3;;;;;;. The van der Waals surface area contributed by atoms with Gasteiger partial charge in [0.2, 0.25) is 0 Å². The van der Waals surface area contributed by atoms with Gasteiger partial charge in [-0.25, -0.2) is 0 Å². The van der Waals surface area contributed by atoms with Gasteiger partial charge in [-0.2, -0.15) is 0 Å². The fourth-order valence-electron chi connectivity index (χ4n) is 1.24. The van der Waals surface area contributed by atoms with E-state index in [9.17, 15) is 0 Å². The number of rotatable bonds is 2. The van der Waals surface area contributed by atoms with Crippen molar-refractivity contribution in [3.63, 3.8) is 0 Å². The predicted molar refractivity (Wildman–Crippen MR) is 66.7 cm³/mol. The van der Waals surface area contributed by atoms with Gasteiger partial charge in [0.15, 0.2) is 0 Å². The van der Waals surface area contributed by atoms with Gasteiger partial charge in [0, 0.05) is 0 Å². The van der Waals surface area contributed by atoms with E-state index in [2.05, 4.69) is 81.1 Å². The van der Waals surface area contributed by atoms with Gasteiger partial charge in [0.1, 0.15) is 0 Å². The van der Waals surface area contributed by atoms with Gasteiger partial charge in [-0.3, -0.25) is 0 Å². The molecule has 114 valence electrons.